The predicted octanol–water partition coefficient (Wildman–Crippen LogP) is 1.33. The van der Waals surface area contributed by atoms with Gasteiger partial charge in [-0.25, -0.2) is 0 Å². The van der Waals surface area contributed by atoms with Crippen LogP contribution in [0.4, 0.5) is 0 Å². The second-order valence-electron chi connectivity index (χ2n) is 3.91. The zero-order valence-corrected chi connectivity index (χ0v) is 8.34. The number of aromatic nitrogens is 1. The van der Waals surface area contributed by atoms with Crippen LogP contribution in [0.1, 0.15) is 37.0 Å². The Hall–Kier alpha value is -1.32. The Labute approximate surface area is 77.3 Å². The van der Waals surface area contributed by atoms with Crippen molar-refractivity contribution in [1.82, 2.24) is 10.5 Å². The topological polar surface area (TPSA) is 55.1 Å². The average Bonchev–Trinajstić information content (AvgIpc) is 2.50. The molecule has 0 saturated carbocycles. The molecule has 0 saturated heterocycles. The van der Waals surface area contributed by atoms with E-state index < -0.39 is 0 Å². The van der Waals surface area contributed by atoms with Gasteiger partial charge in [0.15, 0.2) is 5.69 Å². The summed E-state index contributed by atoms with van der Waals surface area (Å²) < 4.78 is 5.04. The summed E-state index contributed by atoms with van der Waals surface area (Å²) in [4.78, 5) is 11.1. The summed E-state index contributed by atoms with van der Waals surface area (Å²) in [5.74, 6) is 0.491. The van der Waals surface area contributed by atoms with Gasteiger partial charge in [-0.1, -0.05) is 25.9 Å². The molecule has 1 aromatic rings. The van der Waals surface area contributed by atoms with Crippen molar-refractivity contribution in [2.45, 2.75) is 26.2 Å². The summed E-state index contributed by atoms with van der Waals surface area (Å²) in [6.07, 6.45) is 0. The molecule has 0 bridgehead atoms. The molecule has 0 aliphatic heterocycles. The largest absolute Gasteiger partial charge is 0.360 e. The van der Waals surface area contributed by atoms with Gasteiger partial charge in [-0.3, -0.25) is 4.79 Å². The Bertz CT molecular complexity index is 310. The van der Waals surface area contributed by atoms with Crippen molar-refractivity contribution in [3.05, 3.63) is 17.5 Å². The van der Waals surface area contributed by atoms with E-state index in [4.69, 9.17) is 4.52 Å². The van der Waals surface area contributed by atoms with Crippen molar-refractivity contribution in [3.63, 3.8) is 0 Å². The van der Waals surface area contributed by atoms with Crippen LogP contribution in [0.25, 0.3) is 0 Å². The average molecular weight is 182 g/mol. The summed E-state index contributed by atoms with van der Waals surface area (Å²) in [5.41, 5.74) is 0.214. The number of amides is 1. The number of rotatable bonds is 1. The van der Waals surface area contributed by atoms with Crippen molar-refractivity contribution >= 4 is 5.91 Å². The first-order valence-electron chi connectivity index (χ1n) is 4.14. The van der Waals surface area contributed by atoms with Gasteiger partial charge in [0, 0.05) is 18.5 Å². The lowest BCUT2D eigenvalue weighted by molar-refractivity contribution is 0.0954. The molecule has 0 aliphatic rings. The SMILES string of the molecule is CNC(=O)c1cc(C(C)(C)C)on1. The van der Waals surface area contributed by atoms with Gasteiger partial charge in [0.1, 0.15) is 5.76 Å². The van der Waals surface area contributed by atoms with Crippen LogP contribution < -0.4 is 5.32 Å². The molecule has 1 rings (SSSR count). The smallest absolute Gasteiger partial charge is 0.273 e. The maximum absolute atomic E-state index is 11.1. The Balaban J connectivity index is 2.93. The van der Waals surface area contributed by atoms with Gasteiger partial charge in [-0.05, 0) is 0 Å². The molecule has 1 N–H and O–H groups in total. The van der Waals surface area contributed by atoms with Gasteiger partial charge >= 0.3 is 0 Å². The van der Waals surface area contributed by atoms with E-state index >= 15 is 0 Å². The molecule has 0 fully saturated rings. The van der Waals surface area contributed by atoms with E-state index in [1.165, 1.54) is 0 Å². The van der Waals surface area contributed by atoms with Crippen molar-refractivity contribution in [2.24, 2.45) is 0 Å². The molecule has 0 aliphatic carbocycles. The maximum Gasteiger partial charge on any atom is 0.273 e. The van der Waals surface area contributed by atoms with Crippen molar-refractivity contribution in [1.29, 1.82) is 0 Å². The van der Waals surface area contributed by atoms with E-state index in [0.29, 0.717) is 11.5 Å². The van der Waals surface area contributed by atoms with Crippen LogP contribution in [-0.2, 0) is 5.41 Å². The zero-order chi connectivity index (χ0) is 10.1. The lowest BCUT2D eigenvalue weighted by Gasteiger charge is -2.11. The van der Waals surface area contributed by atoms with Gasteiger partial charge in [0.05, 0.1) is 0 Å². The highest BCUT2D eigenvalue weighted by Gasteiger charge is 2.21. The Morgan fingerprint density at radius 3 is 2.54 bits per heavy atom. The highest BCUT2D eigenvalue weighted by atomic mass is 16.5. The molecular weight excluding hydrogens is 168 g/mol. The Morgan fingerprint density at radius 2 is 2.15 bits per heavy atom. The van der Waals surface area contributed by atoms with E-state index in [-0.39, 0.29) is 11.3 Å². The van der Waals surface area contributed by atoms with E-state index in [1.807, 2.05) is 20.8 Å². The minimum absolute atomic E-state index is 0.112. The first kappa shape index (κ1) is 9.77. The van der Waals surface area contributed by atoms with Gasteiger partial charge in [-0.15, -0.1) is 0 Å². The predicted molar refractivity (Wildman–Crippen MR) is 48.6 cm³/mol. The minimum atomic E-state index is -0.223. The first-order valence-corrected chi connectivity index (χ1v) is 4.14. The van der Waals surface area contributed by atoms with E-state index in [9.17, 15) is 4.79 Å². The van der Waals surface area contributed by atoms with Gasteiger partial charge in [-0.2, -0.15) is 0 Å². The van der Waals surface area contributed by atoms with E-state index in [1.54, 1.807) is 13.1 Å². The highest BCUT2D eigenvalue weighted by molar-refractivity contribution is 5.91. The van der Waals surface area contributed by atoms with E-state index in [2.05, 4.69) is 10.5 Å². The summed E-state index contributed by atoms with van der Waals surface area (Å²) in [7, 11) is 1.56. The van der Waals surface area contributed by atoms with Crippen molar-refractivity contribution in [2.75, 3.05) is 7.05 Å². The van der Waals surface area contributed by atoms with Crippen LogP contribution in [0.5, 0.6) is 0 Å². The maximum atomic E-state index is 11.1. The molecule has 1 aromatic heterocycles. The zero-order valence-electron chi connectivity index (χ0n) is 8.34. The standard InChI is InChI=1S/C9H14N2O2/c1-9(2,3)7-5-6(11-13-7)8(12)10-4/h5H,1-4H3,(H,10,12). The van der Waals surface area contributed by atoms with Gasteiger partial charge in [0.2, 0.25) is 0 Å². The van der Waals surface area contributed by atoms with Gasteiger partial charge < -0.3 is 9.84 Å². The molecule has 0 atom stereocenters. The van der Waals surface area contributed by atoms with Crippen LogP contribution in [-0.4, -0.2) is 18.1 Å². The number of hydrogen-bond acceptors (Lipinski definition) is 3. The molecule has 0 aromatic carbocycles. The lowest BCUT2D eigenvalue weighted by Crippen LogP contribution is -2.18. The monoisotopic (exact) mass is 182 g/mol. The summed E-state index contributed by atoms with van der Waals surface area (Å²) in [6, 6.07) is 1.67. The molecule has 0 unspecified atom stereocenters. The third-order valence-electron chi connectivity index (χ3n) is 1.71. The third-order valence-corrected chi connectivity index (χ3v) is 1.71. The number of carbonyl (C=O) groups excluding carboxylic acids is 1. The fourth-order valence-corrected chi connectivity index (χ4v) is 0.864. The molecule has 4 heteroatoms. The van der Waals surface area contributed by atoms with Crippen LogP contribution in [0.2, 0.25) is 0 Å². The fraction of sp³-hybridized carbons (Fsp3) is 0.556. The molecular formula is C9H14N2O2. The molecule has 4 nitrogen and oxygen atoms in total. The second-order valence-corrected chi connectivity index (χ2v) is 3.91. The lowest BCUT2D eigenvalue weighted by atomic mass is 9.93. The summed E-state index contributed by atoms with van der Waals surface area (Å²) in [5, 5.41) is 6.15. The third kappa shape index (κ3) is 2.08. The van der Waals surface area contributed by atoms with Crippen molar-refractivity contribution in [3.8, 4) is 0 Å². The summed E-state index contributed by atoms with van der Waals surface area (Å²) in [6.45, 7) is 6.00. The number of nitrogens with one attached hydrogen (secondary N) is 1. The minimum Gasteiger partial charge on any atom is -0.360 e. The Morgan fingerprint density at radius 1 is 1.54 bits per heavy atom. The molecule has 1 amide bonds. The van der Waals surface area contributed by atoms with Crippen LogP contribution >= 0.6 is 0 Å². The molecule has 72 valence electrons. The number of carbonyl (C=O) groups is 1. The molecule has 0 radical (unpaired) electrons. The van der Waals surface area contributed by atoms with Crippen LogP contribution in [0.15, 0.2) is 10.6 Å². The van der Waals surface area contributed by atoms with Crippen LogP contribution in [0, 0.1) is 0 Å². The second kappa shape index (κ2) is 3.20. The number of nitrogens with zero attached hydrogens (tertiary/aromatic N) is 1. The molecule has 1 heterocycles. The van der Waals surface area contributed by atoms with Gasteiger partial charge in [0.25, 0.3) is 5.91 Å². The number of hydrogen-bond donors (Lipinski definition) is 1. The molecule has 0 spiro atoms. The fourth-order valence-electron chi connectivity index (χ4n) is 0.864. The normalized spacial score (nSPS) is 11.4. The first-order chi connectivity index (χ1) is 5.95. The molecule has 13 heavy (non-hydrogen) atoms. The highest BCUT2D eigenvalue weighted by Crippen LogP contribution is 2.22. The van der Waals surface area contributed by atoms with Crippen LogP contribution in [0.3, 0.4) is 0 Å². The quantitative estimate of drug-likeness (QED) is 0.712. The Kier molecular flexibility index (Phi) is 2.40. The van der Waals surface area contributed by atoms with E-state index in [0.717, 1.165) is 0 Å². The summed E-state index contributed by atoms with van der Waals surface area (Å²) >= 11 is 0. The van der Waals surface area contributed by atoms with Crippen molar-refractivity contribution < 1.29 is 9.32 Å².